The zero-order valence-corrected chi connectivity index (χ0v) is 11.2. The molecule has 3 nitrogen and oxygen atoms in total. The van der Waals surface area contributed by atoms with Gasteiger partial charge in [-0.05, 0) is 17.7 Å². The number of nitrogens with zero attached hydrogens (tertiary/aromatic N) is 2. The van der Waals surface area contributed by atoms with Crippen molar-refractivity contribution in [3.63, 3.8) is 0 Å². The van der Waals surface area contributed by atoms with Crippen molar-refractivity contribution in [1.82, 2.24) is 9.55 Å². The van der Waals surface area contributed by atoms with E-state index in [0.717, 1.165) is 27.7 Å². The Balaban J connectivity index is 2.13. The second-order valence-electron chi connectivity index (χ2n) is 4.07. The van der Waals surface area contributed by atoms with Crippen molar-refractivity contribution in [1.29, 1.82) is 0 Å². The van der Waals surface area contributed by atoms with Crippen LogP contribution >= 0.6 is 22.9 Å². The molecule has 0 bridgehead atoms. The lowest BCUT2D eigenvalue weighted by atomic mass is 10.2. The van der Waals surface area contributed by atoms with Crippen LogP contribution in [0.4, 0.5) is 0 Å². The van der Waals surface area contributed by atoms with Crippen LogP contribution in [0.2, 0.25) is 5.02 Å². The number of benzene rings is 1. The first-order valence-electron chi connectivity index (χ1n) is 5.63. The fraction of sp³-hybridized carbons (Fsp3) is 0.154. The molecule has 0 saturated carbocycles. The number of hydrogen-bond donors (Lipinski definition) is 1. The van der Waals surface area contributed by atoms with Crippen LogP contribution in [-0.2, 0) is 13.1 Å². The number of fused-ring (bicyclic) bond motifs is 1. The number of halogens is 1. The maximum atomic E-state index is 6.07. The van der Waals surface area contributed by atoms with Crippen molar-refractivity contribution in [3.05, 3.63) is 51.6 Å². The average Bonchev–Trinajstić information content (AvgIpc) is 2.98. The van der Waals surface area contributed by atoms with Gasteiger partial charge in [0.25, 0.3) is 0 Å². The first kappa shape index (κ1) is 11.7. The number of nitrogens with two attached hydrogens (primary N) is 1. The smallest absolute Gasteiger partial charge is 0.112 e. The van der Waals surface area contributed by atoms with Crippen molar-refractivity contribution < 1.29 is 0 Å². The Morgan fingerprint density at radius 3 is 3.00 bits per heavy atom. The summed E-state index contributed by atoms with van der Waals surface area (Å²) in [5, 5.41) is 4.97. The summed E-state index contributed by atoms with van der Waals surface area (Å²) in [6.45, 7) is 1.29. The maximum Gasteiger partial charge on any atom is 0.112 e. The molecule has 0 fully saturated rings. The number of hydrogen-bond acceptors (Lipinski definition) is 3. The van der Waals surface area contributed by atoms with Crippen molar-refractivity contribution >= 4 is 33.8 Å². The molecule has 3 rings (SSSR count). The predicted molar refractivity (Wildman–Crippen MR) is 76.1 cm³/mol. The Morgan fingerprint density at radius 2 is 2.28 bits per heavy atom. The molecule has 2 N–H and O–H groups in total. The van der Waals surface area contributed by atoms with E-state index in [9.17, 15) is 0 Å². The van der Waals surface area contributed by atoms with E-state index >= 15 is 0 Å². The maximum absolute atomic E-state index is 6.07. The van der Waals surface area contributed by atoms with Crippen LogP contribution in [0.5, 0.6) is 0 Å². The number of thiazole rings is 1. The fourth-order valence-corrected chi connectivity index (χ4v) is 2.89. The van der Waals surface area contributed by atoms with Gasteiger partial charge in [0.1, 0.15) is 5.01 Å². The van der Waals surface area contributed by atoms with Crippen molar-refractivity contribution in [2.45, 2.75) is 13.1 Å². The van der Waals surface area contributed by atoms with Gasteiger partial charge in [-0.2, -0.15) is 0 Å². The minimum absolute atomic E-state index is 0.531. The van der Waals surface area contributed by atoms with Crippen LogP contribution in [-0.4, -0.2) is 9.55 Å². The van der Waals surface area contributed by atoms with E-state index in [1.807, 2.05) is 29.8 Å². The van der Waals surface area contributed by atoms with Gasteiger partial charge in [0, 0.05) is 34.7 Å². The molecule has 2 aromatic heterocycles. The van der Waals surface area contributed by atoms with Gasteiger partial charge in [-0.3, -0.25) is 0 Å². The third kappa shape index (κ3) is 2.03. The zero-order valence-electron chi connectivity index (χ0n) is 9.64. The summed E-state index contributed by atoms with van der Waals surface area (Å²) < 4.78 is 2.15. The number of aromatic nitrogens is 2. The molecule has 18 heavy (non-hydrogen) atoms. The first-order chi connectivity index (χ1) is 8.78. The highest BCUT2D eigenvalue weighted by atomic mass is 35.5. The highest BCUT2D eigenvalue weighted by Crippen LogP contribution is 2.25. The van der Waals surface area contributed by atoms with Gasteiger partial charge >= 0.3 is 0 Å². The van der Waals surface area contributed by atoms with Crippen LogP contribution in [0, 0.1) is 0 Å². The Morgan fingerprint density at radius 1 is 1.39 bits per heavy atom. The molecule has 0 spiro atoms. The summed E-state index contributed by atoms with van der Waals surface area (Å²) in [6.07, 6.45) is 3.91. The molecule has 0 radical (unpaired) electrons. The minimum atomic E-state index is 0.531. The molecule has 1 aromatic carbocycles. The lowest BCUT2D eigenvalue weighted by Crippen LogP contribution is -1.98. The highest BCUT2D eigenvalue weighted by Gasteiger charge is 2.09. The molecular formula is C13H12ClN3S. The van der Waals surface area contributed by atoms with Crippen molar-refractivity contribution in [3.8, 4) is 0 Å². The van der Waals surface area contributed by atoms with E-state index in [-0.39, 0.29) is 0 Å². The Labute approximate surface area is 114 Å². The second-order valence-corrected chi connectivity index (χ2v) is 5.49. The molecule has 3 aromatic rings. The molecular weight excluding hydrogens is 266 g/mol. The van der Waals surface area contributed by atoms with Gasteiger partial charge in [-0.15, -0.1) is 11.3 Å². The van der Waals surface area contributed by atoms with Crippen LogP contribution in [0.1, 0.15) is 10.6 Å². The largest absolute Gasteiger partial charge is 0.340 e. The number of rotatable bonds is 3. The quantitative estimate of drug-likeness (QED) is 0.799. The third-order valence-corrected chi connectivity index (χ3v) is 3.94. The molecule has 0 amide bonds. The molecule has 0 aliphatic heterocycles. The topological polar surface area (TPSA) is 43.8 Å². The van der Waals surface area contributed by atoms with Gasteiger partial charge in [0.15, 0.2) is 0 Å². The van der Waals surface area contributed by atoms with E-state index < -0.39 is 0 Å². The average molecular weight is 278 g/mol. The van der Waals surface area contributed by atoms with Gasteiger partial charge in [0.05, 0.1) is 12.1 Å². The lowest BCUT2D eigenvalue weighted by Gasteiger charge is -2.02. The Hall–Kier alpha value is -1.36. The van der Waals surface area contributed by atoms with Crippen molar-refractivity contribution in [2.75, 3.05) is 0 Å². The van der Waals surface area contributed by atoms with Gasteiger partial charge in [0.2, 0.25) is 0 Å². The van der Waals surface area contributed by atoms with E-state index in [2.05, 4.69) is 15.7 Å². The standard InChI is InChI=1S/C13H12ClN3S/c14-10-1-2-11-9(6-15)7-17(12(11)5-10)8-13-16-3-4-18-13/h1-5,7H,6,8,15H2. The highest BCUT2D eigenvalue weighted by molar-refractivity contribution is 7.09. The summed E-state index contributed by atoms with van der Waals surface area (Å²) in [5.41, 5.74) is 8.03. The van der Waals surface area contributed by atoms with Crippen LogP contribution in [0.3, 0.4) is 0 Å². The molecule has 2 heterocycles. The summed E-state index contributed by atoms with van der Waals surface area (Å²) in [4.78, 5) is 4.31. The minimum Gasteiger partial charge on any atom is -0.340 e. The van der Waals surface area contributed by atoms with E-state index in [0.29, 0.717) is 6.54 Å². The van der Waals surface area contributed by atoms with Crippen LogP contribution in [0.25, 0.3) is 10.9 Å². The van der Waals surface area contributed by atoms with Crippen molar-refractivity contribution in [2.24, 2.45) is 5.73 Å². The van der Waals surface area contributed by atoms with Crippen LogP contribution in [0.15, 0.2) is 36.0 Å². The summed E-state index contributed by atoms with van der Waals surface area (Å²) in [5.74, 6) is 0. The molecule has 0 aliphatic rings. The zero-order chi connectivity index (χ0) is 12.5. The third-order valence-electron chi connectivity index (χ3n) is 2.94. The Kier molecular flexibility index (Phi) is 3.07. The summed E-state index contributed by atoms with van der Waals surface area (Å²) >= 11 is 7.72. The normalized spacial score (nSPS) is 11.2. The van der Waals surface area contributed by atoms with Gasteiger partial charge < -0.3 is 10.3 Å². The second kappa shape index (κ2) is 4.72. The monoisotopic (exact) mass is 277 g/mol. The first-order valence-corrected chi connectivity index (χ1v) is 6.89. The molecule has 0 atom stereocenters. The van der Waals surface area contributed by atoms with Gasteiger partial charge in [-0.1, -0.05) is 17.7 Å². The van der Waals surface area contributed by atoms with E-state index in [4.69, 9.17) is 17.3 Å². The lowest BCUT2D eigenvalue weighted by molar-refractivity contribution is 0.821. The van der Waals surface area contributed by atoms with Crippen LogP contribution < -0.4 is 5.73 Å². The molecule has 5 heteroatoms. The van der Waals surface area contributed by atoms with Gasteiger partial charge in [-0.25, -0.2) is 4.98 Å². The SMILES string of the molecule is NCc1cn(Cc2nccs2)c2cc(Cl)ccc12. The Bertz CT molecular complexity index is 673. The summed E-state index contributed by atoms with van der Waals surface area (Å²) in [7, 11) is 0. The predicted octanol–water partition coefficient (Wildman–Crippen LogP) is 3.26. The molecule has 0 aliphatic carbocycles. The summed E-state index contributed by atoms with van der Waals surface area (Å²) in [6, 6.07) is 5.90. The fourth-order valence-electron chi connectivity index (χ4n) is 2.11. The van der Waals surface area contributed by atoms with E-state index in [1.54, 1.807) is 11.3 Å². The molecule has 92 valence electrons. The van der Waals surface area contributed by atoms with E-state index in [1.165, 1.54) is 5.39 Å². The molecule has 0 unspecified atom stereocenters. The molecule has 0 saturated heterocycles.